The van der Waals surface area contributed by atoms with Crippen LogP contribution in [0.5, 0.6) is 0 Å². The zero-order chi connectivity index (χ0) is 43.8. The molecular formula is C50H56N8O5. The van der Waals surface area contributed by atoms with Gasteiger partial charge in [-0.3, -0.25) is 14.4 Å². The molecule has 3 fully saturated rings. The number of aromatic nitrogens is 4. The van der Waals surface area contributed by atoms with Gasteiger partial charge in [0, 0.05) is 30.3 Å². The van der Waals surface area contributed by atoms with Gasteiger partial charge in [-0.2, -0.15) is 0 Å². The fourth-order valence-electron chi connectivity index (χ4n) is 9.67. The first kappa shape index (κ1) is 41.8. The van der Waals surface area contributed by atoms with E-state index in [0.29, 0.717) is 13.1 Å². The van der Waals surface area contributed by atoms with Crippen LogP contribution in [0.1, 0.15) is 117 Å². The monoisotopic (exact) mass is 848 g/mol. The van der Waals surface area contributed by atoms with Crippen LogP contribution >= 0.6 is 0 Å². The zero-order valence-corrected chi connectivity index (χ0v) is 36.2. The van der Waals surface area contributed by atoms with Crippen LogP contribution in [-0.4, -0.2) is 79.8 Å². The number of aromatic amines is 2. The number of hydrogen-bond donors (Lipinski definition) is 4. The number of alkyl carbamates (subject to hydrolysis) is 1. The molecule has 63 heavy (non-hydrogen) atoms. The van der Waals surface area contributed by atoms with E-state index in [2.05, 4.69) is 69.7 Å². The number of rotatable bonds is 13. The molecule has 13 heteroatoms. The normalized spacial score (nSPS) is 21.2. The molecule has 2 saturated heterocycles. The van der Waals surface area contributed by atoms with Crippen LogP contribution in [0.4, 0.5) is 4.79 Å². The van der Waals surface area contributed by atoms with Crippen LogP contribution in [0.3, 0.4) is 0 Å². The molecule has 5 atom stereocenters. The fraction of sp³-hybridized carbons (Fsp3) is 0.400. The van der Waals surface area contributed by atoms with Gasteiger partial charge in [0.05, 0.1) is 41.6 Å². The van der Waals surface area contributed by atoms with Crippen molar-refractivity contribution in [3.63, 3.8) is 0 Å². The van der Waals surface area contributed by atoms with Gasteiger partial charge in [0.25, 0.3) is 0 Å². The molecule has 4 aliphatic rings. The van der Waals surface area contributed by atoms with Crippen molar-refractivity contribution in [2.45, 2.75) is 95.3 Å². The highest BCUT2D eigenvalue weighted by Crippen LogP contribution is 2.40. The second-order valence-corrected chi connectivity index (χ2v) is 17.7. The highest BCUT2D eigenvalue weighted by atomic mass is 16.5. The van der Waals surface area contributed by atoms with Crippen LogP contribution in [0, 0.1) is 11.8 Å². The molecule has 5 aromatic rings. The van der Waals surface area contributed by atoms with Crippen molar-refractivity contribution in [1.82, 2.24) is 40.4 Å². The lowest BCUT2D eigenvalue weighted by molar-refractivity contribution is -0.138. The van der Waals surface area contributed by atoms with E-state index in [1.807, 2.05) is 66.1 Å². The Morgan fingerprint density at radius 2 is 1.60 bits per heavy atom. The summed E-state index contributed by atoms with van der Waals surface area (Å²) in [5.41, 5.74) is 6.82. The summed E-state index contributed by atoms with van der Waals surface area (Å²) < 4.78 is 4.80. The first-order valence-corrected chi connectivity index (χ1v) is 22.4. The first-order valence-electron chi connectivity index (χ1n) is 22.4. The summed E-state index contributed by atoms with van der Waals surface area (Å²) in [6.07, 6.45) is 14.3. The minimum atomic E-state index is -0.743. The number of H-pyrrole nitrogens is 2. The molecule has 2 aliphatic carbocycles. The summed E-state index contributed by atoms with van der Waals surface area (Å²) >= 11 is 0. The Hall–Kier alpha value is -6.50. The van der Waals surface area contributed by atoms with Crippen molar-refractivity contribution < 1.29 is 23.9 Å². The molecule has 326 valence electrons. The number of benzene rings is 3. The summed E-state index contributed by atoms with van der Waals surface area (Å²) in [6.45, 7) is 9.11. The predicted octanol–water partition coefficient (Wildman–Crippen LogP) is 8.27. The Morgan fingerprint density at radius 3 is 2.30 bits per heavy atom. The molecule has 2 aliphatic heterocycles. The summed E-state index contributed by atoms with van der Waals surface area (Å²) in [4.78, 5) is 74.1. The van der Waals surface area contributed by atoms with Crippen molar-refractivity contribution in [2.24, 2.45) is 11.8 Å². The van der Waals surface area contributed by atoms with E-state index >= 15 is 0 Å². The number of imidazole rings is 2. The molecule has 0 spiro atoms. The smallest absolute Gasteiger partial charge is 0.407 e. The van der Waals surface area contributed by atoms with Gasteiger partial charge < -0.3 is 35.1 Å². The second kappa shape index (κ2) is 17.7. The molecule has 4 unspecified atom stereocenters. The van der Waals surface area contributed by atoms with Crippen LogP contribution < -0.4 is 10.6 Å². The first-order chi connectivity index (χ1) is 30.6. The van der Waals surface area contributed by atoms with Gasteiger partial charge >= 0.3 is 6.09 Å². The lowest BCUT2D eigenvalue weighted by atomic mass is 9.86. The third-order valence-electron chi connectivity index (χ3n) is 13.2. The lowest BCUT2D eigenvalue weighted by Gasteiger charge is -2.29. The maximum atomic E-state index is 14.3. The SMILES string of the molecule is C=CCC1/C(=C\Cc2ccc3c(ccc4nc(C5CCCN5C(=O)[C@@H](NC(=O)OC)C(C)C)[nH]c43)c2)C=Cc2nc(C3CCCN3C(=O)C(NC(=O)C3CC3)c3ccccc3)[nH]c21. The van der Waals surface area contributed by atoms with Gasteiger partial charge in [-0.05, 0) is 91.5 Å². The van der Waals surface area contributed by atoms with Gasteiger partial charge in [0.15, 0.2) is 0 Å². The number of fused-ring (bicyclic) bond motifs is 4. The molecular weight excluding hydrogens is 793 g/mol. The number of methoxy groups -OCH3 is 1. The Morgan fingerprint density at radius 1 is 0.873 bits per heavy atom. The molecule has 4 N–H and O–H groups in total. The van der Waals surface area contributed by atoms with Crippen molar-refractivity contribution in [3.05, 3.63) is 125 Å². The Bertz CT molecular complexity index is 2620. The maximum Gasteiger partial charge on any atom is 0.407 e. The average molecular weight is 849 g/mol. The third kappa shape index (κ3) is 8.40. The summed E-state index contributed by atoms with van der Waals surface area (Å²) in [7, 11) is 1.30. The number of carbonyl (C=O) groups excluding carboxylic acids is 4. The number of nitrogens with one attached hydrogen (secondary N) is 4. The molecule has 13 nitrogen and oxygen atoms in total. The van der Waals surface area contributed by atoms with Gasteiger partial charge in [-0.1, -0.05) is 86.7 Å². The van der Waals surface area contributed by atoms with Gasteiger partial charge in [-0.15, -0.1) is 6.58 Å². The van der Waals surface area contributed by atoms with E-state index in [-0.39, 0.29) is 47.6 Å². The highest BCUT2D eigenvalue weighted by Gasteiger charge is 2.41. The molecule has 2 aromatic heterocycles. The van der Waals surface area contributed by atoms with Crippen LogP contribution in [0.15, 0.2) is 91.0 Å². The van der Waals surface area contributed by atoms with Gasteiger partial charge in [-0.25, -0.2) is 14.8 Å². The fourth-order valence-corrected chi connectivity index (χ4v) is 9.67. The van der Waals surface area contributed by atoms with Crippen molar-refractivity contribution >= 4 is 51.7 Å². The number of likely N-dealkylation sites (tertiary alicyclic amines) is 2. The van der Waals surface area contributed by atoms with Gasteiger partial charge in [0.2, 0.25) is 17.7 Å². The molecule has 3 aromatic carbocycles. The van der Waals surface area contributed by atoms with Crippen LogP contribution in [0.25, 0.3) is 27.9 Å². The molecule has 1 saturated carbocycles. The highest BCUT2D eigenvalue weighted by molar-refractivity contribution is 6.04. The largest absolute Gasteiger partial charge is 0.453 e. The molecule has 9 rings (SSSR count). The van der Waals surface area contributed by atoms with Crippen molar-refractivity contribution in [2.75, 3.05) is 20.2 Å². The third-order valence-corrected chi connectivity index (χ3v) is 13.2. The average Bonchev–Trinajstić information content (AvgIpc) is 3.66. The van der Waals surface area contributed by atoms with E-state index in [1.54, 1.807) is 0 Å². The molecule has 0 radical (unpaired) electrons. The molecule has 0 bridgehead atoms. The standard InChI is InChI=1S/C50H56N8O5/c1-5-11-35-31(21-24-37-43(35)53-46(51-37)40-15-10-27-58(40)49(61)42(32-12-7-6-8-13-32)55-47(59)33-19-20-33)18-16-30-17-23-36-34(28-30)22-25-38-44(36)54-45(52-38)39-14-9-26-57(39)48(60)41(29(2)3)56-50(62)63-4/h5-8,12-13,17-18,21-25,28-29,33,35,39-42H,1,9-11,14-16,19-20,26-27H2,2-4H3,(H,51,53)(H,52,54)(H,55,59)(H,56,62)/b31-18-/t35?,39?,40?,41-,42?/m0/s1. The van der Waals surface area contributed by atoms with Crippen molar-refractivity contribution in [1.29, 1.82) is 0 Å². The van der Waals surface area contributed by atoms with E-state index < -0.39 is 18.2 Å². The Balaban J connectivity index is 0.919. The number of hydrogen-bond acceptors (Lipinski definition) is 7. The van der Waals surface area contributed by atoms with E-state index in [1.165, 1.54) is 18.2 Å². The lowest BCUT2D eigenvalue weighted by Crippen LogP contribution is -2.51. The topological polar surface area (TPSA) is 165 Å². The predicted molar refractivity (Wildman–Crippen MR) is 242 cm³/mol. The van der Waals surface area contributed by atoms with E-state index in [4.69, 9.17) is 14.7 Å². The minimum Gasteiger partial charge on any atom is -0.453 e. The summed E-state index contributed by atoms with van der Waals surface area (Å²) in [5.74, 6) is 1.14. The number of ether oxygens (including phenoxy) is 1. The Kier molecular flexibility index (Phi) is 11.8. The number of carbonyl (C=O) groups is 4. The molecule has 4 heterocycles. The second-order valence-electron chi connectivity index (χ2n) is 17.7. The summed E-state index contributed by atoms with van der Waals surface area (Å²) in [5, 5.41) is 7.95. The maximum absolute atomic E-state index is 14.3. The quantitative estimate of drug-likeness (QED) is 0.0866. The van der Waals surface area contributed by atoms with E-state index in [0.717, 1.165) is 102 Å². The Labute approximate surface area is 367 Å². The van der Waals surface area contributed by atoms with E-state index in [9.17, 15) is 19.2 Å². The number of amides is 4. The van der Waals surface area contributed by atoms with Gasteiger partial charge in [0.1, 0.15) is 23.7 Å². The molecule has 4 amide bonds. The summed E-state index contributed by atoms with van der Waals surface area (Å²) in [6, 6.07) is 18.3. The van der Waals surface area contributed by atoms with Crippen molar-refractivity contribution in [3.8, 4) is 0 Å². The number of allylic oxidation sites excluding steroid dienone is 4. The zero-order valence-electron chi connectivity index (χ0n) is 36.2. The number of nitrogens with zero attached hydrogens (tertiary/aromatic N) is 4. The minimum absolute atomic E-state index is 0.00706. The van der Waals surface area contributed by atoms with Crippen LogP contribution in [0.2, 0.25) is 0 Å². The van der Waals surface area contributed by atoms with Crippen LogP contribution in [-0.2, 0) is 25.5 Å².